The molecule has 0 aliphatic carbocycles. The molecule has 0 unspecified atom stereocenters. The number of furan rings is 1. The number of hydrogen-bond donors (Lipinski definition) is 0. The Hall–Kier alpha value is -3.54. The highest BCUT2D eigenvalue weighted by Gasteiger charge is 2.18. The molecule has 2 aromatic carbocycles. The Morgan fingerprint density at radius 2 is 1.83 bits per heavy atom. The number of aromatic nitrogens is 2. The van der Waals surface area contributed by atoms with Crippen molar-refractivity contribution in [3.63, 3.8) is 0 Å². The second-order valence-electron chi connectivity index (χ2n) is 7.38. The zero-order valence-corrected chi connectivity index (χ0v) is 17.5. The predicted octanol–water partition coefficient (Wildman–Crippen LogP) is 4.60. The summed E-state index contributed by atoms with van der Waals surface area (Å²) in [5.74, 6) is 1.88. The van der Waals surface area contributed by atoms with Crippen LogP contribution in [0, 0.1) is 13.8 Å². The van der Waals surface area contributed by atoms with Crippen molar-refractivity contribution in [1.29, 1.82) is 0 Å². The van der Waals surface area contributed by atoms with Gasteiger partial charge in [-0.15, -0.1) is 0 Å². The van der Waals surface area contributed by atoms with Crippen molar-refractivity contribution in [2.75, 3.05) is 13.7 Å². The molecule has 0 saturated heterocycles. The molecule has 30 heavy (non-hydrogen) atoms. The Morgan fingerprint density at radius 3 is 2.57 bits per heavy atom. The summed E-state index contributed by atoms with van der Waals surface area (Å²) in [5.41, 5.74) is 4.17. The van der Waals surface area contributed by atoms with E-state index in [9.17, 15) is 4.79 Å². The third-order valence-electron chi connectivity index (χ3n) is 5.16. The summed E-state index contributed by atoms with van der Waals surface area (Å²) < 4.78 is 13.5. The van der Waals surface area contributed by atoms with E-state index in [0.29, 0.717) is 25.5 Å². The first-order chi connectivity index (χ1) is 14.5. The molecule has 4 rings (SSSR count). The fourth-order valence-corrected chi connectivity index (χ4v) is 3.63. The molecule has 0 fully saturated rings. The number of hydrogen-bond acceptors (Lipinski definition) is 4. The van der Waals surface area contributed by atoms with Crippen LogP contribution in [0.15, 0.2) is 65.3 Å². The summed E-state index contributed by atoms with van der Waals surface area (Å²) >= 11 is 0. The van der Waals surface area contributed by atoms with Crippen LogP contribution in [0.2, 0.25) is 0 Å². The van der Waals surface area contributed by atoms with Gasteiger partial charge in [-0.05, 0) is 49.2 Å². The molecule has 0 aliphatic heterocycles. The first-order valence-corrected chi connectivity index (χ1v) is 9.96. The van der Waals surface area contributed by atoms with E-state index in [4.69, 9.17) is 14.1 Å². The number of carbonyl (C=O) groups is 1. The van der Waals surface area contributed by atoms with Crippen molar-refractivity contribution >= 4 is 16.9 Å². The molecule has 6 heteroatoms. The van der Waals surface area contributed by atoms with Gasteiger partial charge in [-0.3, -0.25) is 4.79 Å². The molecule has 0 N–H and O–H groups in total. The molecule has 0 spiro atoms. The number of fused-ring (bicyclic) bond motifs is 1. The summed E-state index contributed by atoms with van der Waals surface area (Å²) in [6, 6.07) is 17.5. The third-order valence-corrected chi connectivity index (χ3v) is 5.16. The number of aryl methyl sites for hydroxylation is 2. The van der Waals surface area contributed by atoms with Gasteiger partial charge in [-0.2, -0.15) is 0 Å². The summed E-state index contributed by atoms with van der Waals surface area (Å²) in [6.07, 6.45) is 1.50. The van der Waals surface area contributed by atoms with Crippen LogP contribution >= 0.6 is 0 Å². The number of rotatable bonds is 7. The smallest absolute Gasteiger partial charge is 0.289 e. The number of ether oxygens (including phenoxy) is 1. The number of benzene rings is 2. The van der Waals surface area contributed by atoms with Gasteiger partial charge in [0.15, 0.2) is 5.76 Å². The molecule has 0 bridgehead atoms. The minimum absolute atomic E-state index is 0.176. The Balaban J connectivity index is 1.55. The van der Waals surface area contributed by atoms with Crippen LogP contribution in [-0.2, 0) is 13.1 Å². The SMILES string of the molecule is Cc1cccc(C)c1OCCn1c(CN(C)C(=O)c2ccco2)nc2ccccc21. The van der Waals surface area contributed by atoms with E-state index in [0.717, 1.165) is 33.7 Å². The summed E-state index contributed by atoms with van der Waals surface area (Å²) in [4.78, 5) is 19.0. The molecule has 2 aromatic heterocycles. The van der Waals surface area contributed by atoms with Crippen LogP contribution in [0.25, 0.3) is 11.0 Å². The van der Waals surface area contributed by atoms with Gasteiger partial charge in [-0.1, -0.05) is 30.3 Å². The van der Waals surface area contributed by atoms with E-state index in [1.165, 1.54) is 6.26 Å². The molecule has 0 saturated carbocycles. The van der Waals surface area contributed by atoms with Gasteiger partial charge in [0.2, 0.25) is 0 Å². The van der Waals surface area contributed by atoms with Gasteiger partial charge in [0.1, 0.15) is 18.2 Å². The van der Waals surface area contributed by atoms with Gasteiger partial charge in [0, 0.05) is 7.05 Å². The summed E-state index contributed by atoms with van der Waals surface area (Å²) in [5, 5.41) is 0. The molecule has 0 atom stereocenters. The zero-order chi connectivity index (χ0) is 21.1. The highest BCUT2D eigenvalue weighted by atomic mass is 16.5. The molecule has 0 radical (unpaired) electrons. The summed E-state index contributed by atoms with van der Waals surface area (Å²) in [7, 11) is 1.75. The largest absolute Gasteiger partial charge is 0.491 e. The molecule has 4 aromatic rings. The van der Waals surface area contributed by atoms with E-state index in [2.05, 4.69) is 30.5 Å². The van der Waals surface area contributed by atoms with Crippen molar-refractivity contribution in [3.8, 4) is 5.75 Å². The van der Waals surface area contributed by atoms with Crippen LogP contribution < -0.4 is 4.74 Å². The van der Waals surface area contributed by atoms with Crippen LogP contribution in [0.1, 0.15) is 27.5 Å². The number of imidazole rings is 1. The molecular weight excluding hydrogens is 378 g/mol. The average Bonchev–Trinajstić information content (AvgIpc) is 3.38. The molecule has 154 valence electrons. The van der Waals surface area contributed by atoms with Crippen LogP contribution in [0.5, 0.6) is 5.75 Å². The fraction of sp³-hybridized carbons (Fsp3) is 0.250. The first kappa shape index (κ1) is 19.8. The lowest BCUT2D eigenvalue weighted by atomic mass is 10.1. The van der Waals surface area contributed by atoms with Gasteiger partial charge in [0.25, 0.3) is 5.91 Å². The maximum absolute atomic E-state index is 12.6. The van der Waals surface area contributed by atoms with E-state index < -0.39 is 0 Å². The Bertz CT molecular complexity index is 1140. The maximum atomic E-state index is 12.6. The van der Waals surface area contributed by atoms with Gasteiger partial charge in [-0.25, -0.2) is 4.98 Å². The van der Waals surface area contributed by atoms with Crippen molar-refractivity contribution in [1.82, 2.24) is 14.5 Å². The first-order valence-electron chi connectivity index (χ1n) is 9.96. The molecule has 1 amide bonds. The van der Waals surface area contributed by atoms with Gasteiger partial charge in [0.05, 0.1) is 30.4 Å². The Kier molecular flexibility index (Phi) is 5.57. The second kappa shape index (κ2) is 8.45. The number of carbonyl (C=O) groups excluding carboxylic acids is 1. The standard InChI is InChI=1S/C24H25N3O3/c1-17-8-6-9-18(2)23(17)30-15-13-27-20-11-5-4-10-19(20)25-22(27)16-26(3)24(28)21-12-7-14-29-21/h4-12,14H,13,15-16H2,1-3H3. The molecule has 6 nitrogen and oxygen atoms in total. The molecule has 2 heterocycles. The lowest BCUT2D eigenvalue weighted by molar-refractivity contribution is 0.0748. The lowest BCUT2D eigenvalue weighted by Gasteiger charge is -2.18. The minimum Gasteiger partial charge on any atom is -0.491 e. The monoisotopic (exact) mass is 403 g/mol. The van der Waals surface area contributed by atoms with E-state index in [1.54, 1.807) is 24.1 Å². The predicted molar refractivity (Wildman–Crippen MR) is 116 cm³/mol. The van der Waals surface area contributed by atoms with E-state index in [1.807, 2.05) is 30.3 Å². The van der Waals surface area contributed by atoms with Crippen molar-refractivity contribution in [2.45, 2.75) is 26.9 Å². The Morgan fingerprint density at radius 1 is 1.07 bits per heavy atom. The zero-order valence-electron chi connectivity index (χ0n) is 17.5. The highest BCUT2D eigenvalue weighted by Crippen LogP contribution is 2.23. The summed E-state index contributed by atoms with van der Waals surface area (Å²) in [6.45, 7) is 5.62. The number of para-hydroxylation sites is 3. The normalized spacial score (nSPS) is 11.0. The number of amides is 1. The van der Waals surface area contributed by atoms with Crippen LogP contribution in [-0.4, -0.2) is 34.0 Å². The lowest BCUT2D eigenvalue weighted by Crippen LogP contribution is -2.27. The van der Waals surface area contributed by atoms with Crippen molar-refractivity contribution in [2.24, 2.45) is 0 Å². The average molecular weight is 403 g/mol. The van der Waals surface area contributed by atoms with Crippen molar-refractivity contribution in [3.05, 3.63) is 83.6 Å². The van der Waals surface area contributed by atoms with Crippen LogP contribution in [0.4, 0.5) is 0 Å². The second-order valence-corrected chi connectivity index (χ2v) is 7.38. The van der Waals surface area contributed by atoms with Crippen LogP contribution in [0.3, 0.4) is 0 Å². The number of nitrogens with zero attached hydrogens (tertiary/aromatic N) is 3. The minimum atomic E-state index is -0.176. The maximum Gasteiger partial charge on any atom is 0.289 e. The molecular formula is C24H25N3O3. The highest BCUT2D eigenvalue weighted by molar-refractivity contribution is 5.91. The van der Waals surface area contributed by atoms with Gasteiger partial charge >= 0.3 is 0 Å². The third kappa shape index (κ3) is 3.94. The molecule has 0 aliphatic rings. The fourth-order valence-electron chi connectivity index (χ4n) is 3.63. The van der Waals surface area contributed by atoms with Crippen molar-refractivity contribution < 1.29 is 13.9 Å². The Labute approximate surface area is 175 Å². The van der Waals surface area contributed by atoms with Gasteiger partial charge < -0.3 is 18.6 Å². The quantitative estimate of drug-likeness (QED) is 0.453. The topological polar surface area (TPSA) is 60.5 Å². The van der Waals surface area contributed by atoms with E-state index >= 15 is 0 Å². The van der Waals surface area contributed by atoms with E-state index in [-0.39, 0.29) is 5.91 Å².